The van der Waals surface area contributed by atoms with Gasteiger partial charge in [-0.15, -0.1) is 0 Å². The topological polar surface area (TPSA) is 61.4 Å². The van der Waals surface area contributed by atoms with E-state index in [2.05, 4.69) is 10.9 Å². The highest BCUT2D eigenvalue weighted by Crippen LogP contribution is 2.43. The largest absolute Gasteiger partial charge is 0.307 e. The van der Waals surface area contributed by atoms with Gasteiger partial charge < -0.3 is 10.3 Å². The molecule has 1 aliphatic heterocycles. The first kappa shape index (κ1) is 19.2. The molecule has 4 rings (SSSR count). The monoisotopic (exact) mass is 389 g/mol. The van der Waals surface area contributed by atoms with Gasteiger partial charge in [0.2, 0.25) is 5.91 Å². The molecule has 0 saturated heterocycles. The summed E-state index contributed by atoms with van der Waals surface area (Å²) in [6.07, 6.45) is 5.44. The molecule has 0 aromatic heterocycles. The van der Waals surface area contributed by atoms with Crippen LogP contribution in [0.4, 0.5) is 11.4 Å². The summed E-state index contributed by atoms with van der Waals surface area (Å²) >= 11 is 0. The van der Waals surface area contributed by atoms with Crippen molar-refractivity contribution in [2.75, 3.05) is 10.3 Å². The average Bonchev–Trinajstić information content (AvgIpc) is 2.86. The van der Waals surface area contributed by atoms with Crippen LogP contribution in [-0.2, 0) is 21.5 Å². The van der Waals surface area contributed by atoms with E-state index in [-0.39, 0.29) is 11.7 Å². The molecule has 1 aliphatic carbocycles. The van der Waals surface area contributed by atoms with Gasteiger partial charge in [-0.2, -0.15) is 0 Å². The Labute approximate surface area is 171 Å². The number of hydrazine groups is 1. The van der Waals surface area contributed by atoms with Gasteiger partial charge in [-0.05, 0) is 62.4 Å². The molecule has 1 heterocycles. The fourth-order valence-electron chi connectivity index (χ4n) is 4.02. The third-order valence-corrected chi connectivity index (χ3v) is 5.77. The summed E-state index contributed by atoms with van der Waals surface area (Å²) in [5.74, 6) is 0.240. The zero-order valence-corrected chi connectivity index (χ0v) is 17.0. The number of hydrogen-bond donors (Lipinski definition) is 2. The maximum Gasteiger partial charge on any atom is 0.237 e. The van der Waals surface area contributed by atoms with Crippen LogP contribution in [0.15, 0.2) is 60.3 Å². The zero-order chi connectivity index (χ0) is 20.4. The summed E-state index contributed by atoms with van der Waals surface area (Å²) in [6, 6.07) is 16.0. The lowest BCUT2D eigenvalue weighted by Crippen LogP contribution is -2.35. The second-order valence-corrected chi connectivity index (χ2v) is 8.27. The number of ketones is 1. The van der Waals surface area contributed by atoms with E-state index >= 15 is 0 Å². The fourth-order valence-corrected chi connectivity index (χ4v) is 4.02. The number of anilines is 2. The van der Waals surface area contributed by atoms with Crippen molar-refractivity contribution in [1.29, 1.82) is 0 Å². The minimum absolute atomic E-state index is 0.100. The smallest absolute Gasteiger partial charge is 0.237 e. The molecule has 0 saturated carbocycles. The molecule has 2 N–H and O–H groups in total. The van der Waals surface area contributed by atoms with Gasteiger partial charge in [-0.3, -0.25) is 15.0 Å². The zero-order valence-electron chi connectivity index (χ0n) is 17.0. The van der Waals surface area contributed by atoms with Crippen molar-refractivity contribution in [1.82, 2.24) is 5.43 Å². The van der Waals surface area contributed by atoms with Crippen LogP contribution in [0.1, 0.15) is 50.7 Å². The summed E-state index contributed by atoms with van der Waals surface area (Å²) in [6.45, 7) is 4.49. The van der Waals surface area contributed by atoms with E-state index in [1.165, 1.54) is 0 Å². The third kappa shape index (κ3) is 3.77. The number of carbonyl (C=O) groups excluding carboxylic acids is 2. The molecule has 0 radical (unpaired) electrons. The third-order valence-electron chi connectivity index (χ3n) is 5.77. The molecule has 0 unspecified atom stereocenters. The molecule has 0 atom stereocenters. The van der Waals surface area contributed by atoms with E-state index in [1.54, 1.807) is 0 Å². The highest BCUT2D eigenvalue weighted by Gasteiger charge is 2.43. The van der Waals surface area contributed by atoms with Crippen molar-refractivity contribution in [2.45, 2.75) is 51.5 Å². The molecule has 1 amide bonds. The van der Waals surface area contributed by atoms with Gasteiger partial charge in [0.05, 0.1) is 23.3 Å². The van der Waals surface area contributed by atoms with Crippen molar-refractivity contribution < 1.29 is 9.59 Å². The Bertz CT molecular complexity index is 963. The number of carbonyl (C=O) groups is 2. The highest BCUT2D eigenvalue weighted by molar-refractivity contribution is 6.07. The standard InChI is InChI=1S/C24H27N3O2/c1-24(2)19-15-18(25-26-20-11-7-4-8-12-22(20)28)13-14-21(19)27(23(24)29)16-17-9-5-3-6-10-17/h3,5-6,9-11,13-15,25-26H,4,7-8,12,16H2,1-2H3. The predicted octanol–water partition coefficient (Wildman–Crippen LogP) is 4.45. The van der Waals surface area contributed by atoms with Crippen LogP contribution in [0.2, 0.25) is 0 Å². The van der Waals surface area contributed by atoms with Gasteiger partial charge in [-0.1, -0.05) is 36.4 Å². The van der Waals surface area contributed by atoms with Gasteiger partial charge in [-0.25, -0.2) is 0 Å². The van der Waals surface area contributed by atoms with Gasteiger partial charge >= 0.3 is 0 Å². The fraction of sp³-hybridized carbons (Fsp3) is 0.333. The van der Waals surface area contributed by atoms with E-state index in [9.17, 15) is 9.59 Å². The molecular formula is C24H27N3O2. The summed E-state index contributed by atoms with van der Waals surface area (Å²) < 4.78 is 0. The molecule has 29 heavy (non-hydrogen) atoms. The quantitative estimate of drug-likeness (QED) is 0.742. The first-order chi connectivity index (χ1) is 14.0. The summed E-state index contributed by atoms with van der Waals surface area (Å²) in [4.78, 5) is 27.1. The Morgan fingerprint density at radius 1 is 1.00 bits per heavy atom. The number of amides is 1. The number of Topliss-reactive ketones (excluding diaryl/α,β-unsaturated/α-hetero) is 1. The summed E-state index contributed by atoms with van der Waals surface area (Å²) in [7, 11) is 0. The maximum atomic E-state index is 13.1. The van der Waals surface area contributed by atoms with Crippen molar-refractivity contribution in [3.05, 3.63) is 71.4 Å². The lowest BCUT2D eigenvalue weighted by atomic mass is 9.86. The Kier molecular flexibility index (Phi) is 5.14. The average molecular weight is 389 g/mol. The Morgan fingerprint density at radius 3 is 2.59 bits per heavy atom. The van der Waals surface area contributed by atoms with Crippen molar-refractivity contribution in [3.63, 3.8) is 0 Å². The first-order valence-corrected chi connectivity index (χ1v) is 10.2. The lowest BCUT2D eigenvalue weighted by Gasteiger charge is -2.20. The number of allylic oxidation sites excluding steroid dienone is 2. The molecular weight excluding hydrogens is 362 g/mol. The van der Waals surface area contributed by atoms with Crippen LogP contribution >= 0.6 is 0 Å². The normalized spacial score (nSPS) is 18.1. The van der Waals surface area contributed by atoms with Crippen LogP contribution in [-0.4, -0.2) is 11.7 Å². The molecule has 0 bridgehead atoms. The van der Waals surface area contributed by atoms with Crippen LogP contribution in [0.5, 0.6) is 0 Å². The number of benzene rings is 2. The van der Waals surface area contributed by atoms with Crippen LogP contribution < -0.4 is 15.8 Å². The summed E-state index contributed by atoms with van der Waals surface area (Å²) in [5.41, 5.74) is 10.1. The second-order valence-electron chi connectivity index (χ2n) is 8.27. The van der Waals surface area contributed by atoms with E-state index in [0.29, 0.717) is 18.7 Å². The minimum Gasteiger partial charge on any atom is -0.307 e. The predicted molar refractivity (Wildman–Crippen MR) is 115 cm³/mol. The van der Waals surface area contributed by atoms with Crippen molar-refractivity contribution in [3.8, 4) is 0 Å². The van der Waals surface area contributed by atoms with Crippen molar-refractivity contribution >= 4 is 23.1 Å². The van der Waals surface area contributed by atoms with E-state index in [4.69, 9.17) is 0 Å². The molecule has 2 aromatic carbocycles. The number of fused-ring (bicyclic) bond motifs is 1. The molecule has 150 valence electrons. The number of hydrogen-bond acceptors (Lipinski definition) is 4. The molecule has 2 aromatic rings. The number of nitrogens with zero attached hydrogens (tertiary/aromatic N) is 1. The molecule has 2 aliphatic rings. The van der Waals surface area contributed by atoms with Gasteiger partial charge in [0.25, 0.3) is 0 Å². The number of rotatable bonds is 5. The molecule has 5 nitrogen and oxygen atoms in total. The maximum absolute atomic E-state index is 13.1. The van der Waals surface area contributed by atoms with Crippen LogP contribution in [0.25, 0.3) is 0 Å². The first-order valence-electron chi connectivity index (χ1n) is 10.2. The van der Waals surface area contributed by atoms with Crippen LogP contribution in [0, 0.1) is 0 Å². The van der Waals surface area contributed by atoms with E-state index < -0.39 is 5.41 Å². The minimum atomic E-state index is -0.598. The van der Waals surface area contributed by atoms with Crippen molar-refractivity contribution in [2.24, 2.45) is 0 Å². The van der Waals surface area contributed by atoms with E-state index in [0.717, 1.165) is 41.8 Å². The molecule has 5 heteroatoms. The Balaban J connectivity index is 1.56. The second kappa shape index (κ2) is 7.74. The van der Waals surface area contributed by atoms with Gasteiger partial charge in [0.15, 0.2) is 5.78 Å². The lowest BCUT2D eigenvalue weighted by molar-refractivity contribution is -0.122. The van der Waals surface area contributed by atoms with Gasteiger partial charge in [0.1, 0.15) is 0 Å². The number of nitrogens with one attached hydrogen (secondary N) is 2. The highest BCUT2D eigenvalue weighted by atomic mass is 16.2. The van der Waals surface area contributed by atoms with E-state index in [1.807, 2.05) is 73.4 Å². The molecule has 0 fully saturated rings. The van der Waals surface area contributed by atoms with Gasteiger partial charge in [0, 0.05) is 12.1 Å². The Hall–Kier alpha value is -3.08. The SMILES string of the molecule is CC1(C)C(=O)N(Cc2ccccc2)c2ccc(NNC3=CCCCCC3=O)cc21. The summed E-state index contributed by atoms with van der Waals surface area (Å²) in [5, 5.41) is 0. The van der Waals surface area contributed by atoms with Crippen LogP contribution in [0.3, 0.4) is 0 Å². The Morgan fingerprint density at radius 2 is 1.79 bits per heavy atom. The molecule has 0 spiro atoms.